The maximum absolute atomic E-state index is 14.2. The number of nitrogens with one attached hydrogen (secondary N) is 1. The van der Waals surface area contributed by atoms with E-state index in [1.807, 2.05) is 35.2 Å². The molecule has 2 aliphatic rings. The van der Waals surface area contributed by atoms with Crippen LogP contribution in [0.3, 0.4) is 0 Å². The van der Waals surface area contributed by atoms with Gasteiger partial charge in [-0.1, -0.05) is 12.1 Å². The number of aliphatic hydroxyl groups excluding tert-OH is 1. The summed E-state index contributed by atoms with van der Waals surface area (Å²) in [5, 5.41) is 12.7. The van der Waals surface area contributed by atoms with Gasteiger partial charge in [0.2, 0.25) is 0 Å². The average molecular weight is 517 g/mol. The van der Waals surface area contributed by atoms with E-state index in [2.05, 4.69) is 15.2 Å². The van der Waals surface area contributed by atoms with Gasteiger partial charge in [0, 0.05) is 49.7 Å². The Labute approximate surface area is 222 Å². The number of nitrogens with zero attached hydrogens (tertiary/aromatic N) is 3. The number of aromatic nitrogens is 1. The third kappa shape index (κ3) is 5.47. The van der Waals surface area contributed by atoms with Gasteiger partial charge in [0.05, 0.1) is 12.2 Å². The van der Waals surface area contributed by atoms with Gasteiger partial charge in [-0.2, -0.15) is 0 Å². The lowest BCUT2D eigenvalue weighted by Crippen LogP contribution is -2.48. The van der Waals surface area contributed by atoms with Crippen LogP contribution in [-0.4, -0.2) is 65.5 Å². The maximum atomic E-state index is 14.2. The fraction of sp³-hybridized carbons (Fsp3) is 0.367. The van der Waals surface area contributed by atoms with Gasteiger partial charge in [-0.25, -0.2) is 9.37 Å². The summed E-state index contributed by atoms with van der Waals surface area (Å²) in [6.45, 7) is 4.52. The summed E-state index contributed by atoms with van der Waals surface area (Å²) in [6.07, 6.45) is 4.56. The highest BCUT2D eigenvalue weighted by Gasteiger charge is 2.32. The fourth-order valence-corrected chi connectivity index (χ4v) is 5.56. The molecule has 2 N–H and O–H groups in total. The molecular formula is C30H33FN4O3. The van der Waals surface area contributed by atoms with E-state index in [0.29, 0.717) is 24.3 Å². The molecule has 2 aliphatic heterocycles. The van der Waals surface area contributed by atoms with Crippen molar-refractivity contribution in [3.05, 3.63) is 88.4 Å². The standard InChI is InChI=1S/C30H33FN4O3/c1-20(37)26-18-21(5-6-27(26)31)17-22-7-11-33-29(19-22)35(23-9-13-34(14-10-23)15-16-36)30(38)25-3-2-4-28-24(25)8-12-32-28/h2-7,11,18-19,23,32,36H,8-10,12-17H2,1H3. The highest BCUT2D eigenvalue weighted by atomic mass is 19.1. The number of halogens is 1. The number of amides is 1. The summed E-state index contributed by atoms with van der Waals surface area (Å²) in [5.74, 6) is -0.304. The second-order valence-electron chi connectivity index (χ2n) is 10.0. The minimum Gasteiger partial charge on any atom is -0.395 e. The molecule has 0 spiro atoms. The average Bonchev–Trinajstić information content (AvgIpc) is 3.40. The molecule has 7 nitrogen and oxygen atoms in total. The van der Waals surface area contributed by atoms with Crippen LogP contribution in [0.2, 0.25) is 0 Å². The number of pyridine rings is 1. The molecule has 0 atom stereocenters. The number of aliphatic hydroxyl groups is 1. The van der Waals surface area contributed by atoms with E-state index >= 15 is 0 Å². The number of Topliss-reactive ketones (excluding diaryl/α,β-unsaturated/α-hetero) is 1. The van der Waals surface area contributed by atoms with Crippen molar-refractivity contribution >= 4 is 23.2 Å². The maximum Gasteiger partial charge on any atom is 0.260 e. The van der Waals surface area contributed by atoms with Gasteiger partial charge in [-0.15, -0.1) is 0 Å². The number of rotatable bonds is 8. The molecule has 0 aliphatic carbocycles. The highest BCUT2D eigenvalue weighted by Crippen LogP contribution is 2.31. The third-order valence-electron chi connectivity index (χ3n) is 7.53. The van der Waals surface area contributed by atoms with Crippen molar-refractivity contribution < 1.29 is 19.1 Å². The molecule has 1 saturated heterocycles. The first-order valence-corrected chi connectivity index (χ1v) is 13.2. The SMILES string of the molecule is CC(=O)c1cc(Cc2ccnc(N(C(=O)c3cccc4c3CCN4)C3CCN(CCO)CC3)c2)ccc1F. The van der Waals surface area contributed by atoms with Crippen LogP contribution in [0.5, 0.6) is 0 Å². The molecule has 38 heavy (non-hydrogen) atoms. The van der Waals surface area contributed by atoms with E-state index < -0.39 is 5.82 Å². The van der Waals surface area contributed by atoms with Crippen molar-refractivity contribution in [2.45, 2.75) is 38.6 Å². The zero-order valence-electron chi connectivity index (χ0n) is 21.6. The van der Waals surface area contributed by atoms with Crippen molar-refractivity contribution in [2.24, 2.45) is 0 Å². The van der Waals surface area contributed by atoms with Crippen molar-refractivity contribution in [2.75, 3.05) is 43.0 Å². The number of piperidine rings is 1. The number of benzene rings is 2. The molecule has 1 fully saturated rings. The van der Waals surface area contributed by atoms with Crippen LogP contribution in [0.15, 0.2) is 54.7 Å². The predicted octanol–water partition coefficient (Wildman–Crippen LogP) is 4.09. The van der Waals surface area contributed by atoms with E-state index in [1.54, 1.807) is 18.3 Å². The number of hydrogen-bond acceptors (Lipinski definition) is 6. The monoisotopic (exact) mass is 516 g/mol. The van der Waals surface area contributed by atoms with Crippen LogP contribution in [-0.2, 0) is 12.8 Å². The van der Waals surface area contributed by atoms with E-state index in [4.69, 9.17) is 0 Å². The summed E-state index contributed by atoms with van der Waals surface area (Å²) >= 11 is 0. The Morgan fingerprint density at radius 1 is 1.11 bits per heavy atom. The summed E-state index contributed by atoms with van der Waals surface area (Å²) in [6, 6.07) is 14.2. The van der Waals surface area contributed by atoms with Crippen LogP contribution in [0.1, 0.15) is 57.2 Å². The Kier molecular flexibility index (Phi) is 7.81. The van der Waals surface area contributed by atoms with Gasteiger partial charge >= 0.3 is 0 Å². The molecule has 5 rings (SSSR count). The van der Waals surface area contributed by atoms with Crippen molar-refractivity contribution in [3.8, 4) is 0 Å². The molecule has 198 valence electrons. The largest absolute Gasteiger partial charge is 0.395 e. The lowest BCUT2D eigenvalue weighted by molar-refractivity contribution is 0.0951. The summed E-state index contributed by atoms with van der Waals surface area (Å²) in [5.41, 5.74) is 4.56. The molecular weight excluding hydrogens is 483 g/mol. The lowest BCUT2D eigenvalue weighted by atomic mass is 9.98. The molecule has 0 radical (unpaired) electrons. The first-order chi connectivity index (χ1) is 18.4. The van der Waals surface area contributed by atoms with Gasteiger partial charge in [0.15, 0.2) is 5.78 Å². The highest BCUT2D eigenvalue weighted by molar-refractivity contribution is 6.08. The van der Waals surface area contributed by atoms with E-state index in [0.717, 1.165) is 61.3 Å². The molecule has 3 aromatic rings. The Bertz CT molecular complexity index is 1340. The number of carbonyl (C=O) groups excluding carboxylic acids is 2. The minimum atomic E-state index is -0.522. The predicted molar refractivity (Wildman–Crippen MR) is 145 cm³/mol. The third-order valence-corrected chi connectivity index (χ3v) is 7.53. The quantitative estimate of drug-likeness (QED) is 0.439. The Morgan fingerprint density at radius 3 is 2.66 bits per heavy atom. The van der Waals surface area contributed by atoms with Gasteiger partial charge < -0.3 is 15.3 Å². The Balaban J connectivity index is 1.47. The van der Waals surface area contributed by atoms with E-state index in [9.17, 15) is 19.1 Å². The number of likely N-dealkylation sites (tertiary alicyclic amines) is 1. The second-order valence-corrected chi connectivity index (χ2v) is 10.0. The van der Waals surface area contributed by atoms with Crippen LogP contribution < -0.4 is 10.2 Å². The zero-order valence-corrected chi connectivity index (χ0v) is 21.6. The molecule has 0 saturated carbocycles. The molecule has 3 heterocycles. The van der Waals surface area contributed by atoms with Crippen molar-refractivity contribution in [1.29, 1.82) is 0 Å². The zero-order chi connectivity index (χ0) is 26.6. The van der Waals surface area contributed by atoms with Crippen LogP contribution in [0.25, 0.3) is 0 Å². The van der Waals surface area contributed by atoms with Crippen LogP contribution in [0, 0.1) is 5.82 Å². The number of carbonyl (C=O) groups is 2. The molecule has 0 unspecified atom stereocenters. The molecule has 2 aromatic carbocycles. The lowest BCUT2D eigenvalue weighted by Gasteiger charge is -2.38. The molecule has 8 heteroatoms. The van der Waals surface area contributed by atoms with Crippen LogP contribution >= 0.6 is 0 Å². The van der Waals surface area contributed by atoms with Crippen molar-refractivity contribution in [3.63, 3.8) is 0 Å². The number of β-amino-alcohol motifs (C(OH)–C–C–N with tert-alkyl or cyclic N) is 1. The number of hydrogen-bond donors (Lipinski definition) is 2. The minimum absolute atomic E-state index is 0.0273. The summed E-state index contributed by atoms with van der Waals surface area (Å²) < 4.78 is 14.1. The molecule has 0 bridgehead atoms. The fourth-order valence-electron chi connectivity index (χ4n) is 5.56. The first kappa shape index (κ1) is 26.0. The normalized spacial score (nSPS) is 15.7. The van der Waals surface area contributed by atoms with Crippen LogP contribution in [0.4, 0.5) is 15.9 Å². The molecule has 1 aromatic heterocycles. The van der Waals surface area contributed by atoms with E-state index in [-0.39, 0.29) is 29.9 Å². The number of anilines is 2. The Hall–Kier alpha value is -3.62. The van der Waals surface area contributed by atoms with Crippen molar-refractivity contribution in [1.82, 2.24) is 9.88 Å². The number of ketones is 1. The summed E-state index contributed by atoms with van der Waals surface area (Å²) in [4.78, 5) is 34.7. The van der Waals surface area contributed by atoms with Gasteiger partial charge in [0.1, 0.15) is 11.6 Å². The molecule has 1 amide bonds. The van der Waals surface area contributed by atoms with E-state index in [1.165, 1.54) is 13.0 Å². The summed E-state index contributed by atoms with van der Waals surface area (Å²) in [7, 11) is 0. The van der Waals surface area contributed by atoms with Gasteiger partial charge in [0.25, 0.3) is 5.91 Å². The second kappa shape index (κ2) is 11.4. The van der Waals surface area contributed by atoms with Gasteiger partial charge in [-0.05, 0) is 85.7 Å². The Morgan fingerprint density at radius 2 is 1.89 bits per heavy atom. The smallest absolute Gasteiger partial charge is 0.260 e. The van der Waals surface area contributed by atoms with Gasteiger partial charge in [-0.3, -0.25) is 14.5 Å². The first-order valence-electron chi connectivity index (χ1n) is 13.2. The topological polar surface area (TPSA) is 85.8 Å². The number of fused-ring (bicyclic) bond motifs is 1.